The maximum Gasteiger partial charge on any atom is 0.0612 e. The number of hydrogen-bond acceptors (Lipinski definition) is 2. The first-order valence-corrected chi connectivity index (χ1v) is 7.09. The van der Waals surface area contributed by atoms with Crippen LogP contribution in [0.2, 0.25) is 0 Å². The fraction of sp³-hybridized carbons (Fsp3) is 1.00. The topological polar surface area (TPSA) is 21.3 Å². The second-order valence-electron chi connectivity index (χ2n) is 5.39. The molecule has 0 amide bonds. The van der Waals surface area contributed by atoms with Gasteiger partial charge in [0, 0.05) is 12.6 Å². The van der Waals surface area contributed by atoms with Crippen molar-refractivity contribution < 1.29 is 4.74 Å². The molecule has 1 aliphatic rings. The monoisotopic (exact) mass is 227 g/mol. The number of nitrogens with one attached hydrogen (secondary N) is 1. The molecule has 1 N–H and O–H groups in total. The van der Waals surface area contributed by atoms with Gasteiger partial charge in [0.25, 0.3) is 0 Å². The van der Waals surface area contributed by atoms with Gasteiger partial charge in [0.1, 0.15) is 0 Å². The molecule has 16 heavy (non-hydrogen) atoms. The van der Waals surface area contributed by atoms with Crippen molar-refractivity contribution in [3.63, 3.8) is 0 Å². The van der Waals surface area contributed by atoms with Crippen LogP contribution in [0.5, 0.6) is 0 Å². The lowest BCUT2D eigenvalue weighted by molar-refractivity contribution is -0.0242. The number of unbranched alkanes of at least 4 members (excludes halogenated alkanes) is 3. The van der Waals surface area contributed by atoms with Gasteiger partial charge in [-0.2, -0.15) is 0 Å². The van der Waals surface area contributed by atoms with E-state index in [0.29, 0.717) is 18.1 Å². The zero-order valence-corrected chi connectivity index (χ0v) is 11.3. The Hall–Kier alpha value is -0.0800. The van der Waals surface area contributed by atoms with Gasteiger partial charge in [-0.3, -0.25) is 0 Å². The minimum atomic E-state index is 0.474. The summed E-state index contributed by atoms with van der Waals surface area (Å²) in [7, 11) is 0. The zero-order chi connectivity index (χ0) is 11.8. The van der Waals surface area contributed by atoms with Gasteiger partial charge >= 0.3 is 0 Å². The molecular weight excluding hydrogens is 198 g/mol. The van der Waals surface area contributed by atoms with E-state index >= 15 is 0 Å². The van der Waals surface area contributed by atoms with E-state index in [0.717, 1.165) is 6.61 Å². The van der Waals surface area contributed by atoms with Crippen molar-refractivity contribution in [3.05, 3.63) is 0 Å². The molecule has 2 heteroatoms. The Bertz CT molecular complexity index is 170. The molecule has 0 radical (unpaired) electrons. The minimum absolute atomic E-state index is 0.474. The molecule has 0 bridgehead atoms. The van der Waals surface area contributed by atoms with E-state index in [-0.39, 0.29) is 0 Å². The smallest absolute Gasteiger partial charge is 0.0612 e. The van der Waals surface area contributed by atoms with Crippen LogP contribution in [0.4, 0.5) is 0 Å². The number of hydrogen-bond donors (Lipinski definition) is 1. The van der Waals surface area contributed by atoms with Crippen LogP contribution in [0.25, 0.3) is 0 Å². The van der Waals surface area contributed by atoms with Crippen LogP contribution in [0.3, 0.4) is 0 Å². The minimum Gasteiger partial charge on any atom is -0.378 e. The van der Waals surface area contributed by atoms with E-state index in [1.54, 1.807) is 0 Å². The maximum absolute atomic E-state index is 5.77. The molecule has 0 aromatic rings. The third kappa shape index (κ3) is 5.31. The fourth-order valence-corrected chi connectivity index (χ4v) is 2.34. The van der Waals surface area contributed by atoms with E-state index in [2.05, 4.69) is 26.1 Å². The molecule has 2 nitrogen and oxygen atoms in total. The van der Waals surface area contributed by atoms with Gasteiger partial charge in [-0.25, -0.2) is 0 Å². The molecule has 2 atom stereocenters. The summed E-state index contributed by atoms with van der Waals surface area (Å²) < 4.78 is 5.77. The Balaban J connectivity index is 2.07. The normalized spacial score (nSPS) is 26.2. The summed E-state index contributed by atoms with van der Waals surface area (Å²) in [5, 5.41) is 3.69. The largest absolute Gasteiger partial charge is 0.378 e. The van der Waals surface area contributed by atoms with Crippen LogP contribution in [-0.4, -0.2) is 25.3 Å². The summed E-state index contributed by atoms with van der Waals surface area (Å²) >= 11 is 0. The molecule has 0 aromatic heterocycles. The zero-order valence-electron chi connectivity index (χ0n) is 11.3. The highest BCUT2D eigenvalue weighted by Gasteiger charge is 2.24. The molecule has 0 aromatic carbocycles. The number of rotatable bonds is 7. The molecule has 1 fully saturated rings. The summed E-state index contributed by atoms with van der Waals surface area (Å²) in [5.41, 5.74) is 0. The molecule has 0 spiro atoms. The maximum atomic E-state index is 5.77. The summed E-state index contributed by atoms with van der Waals surface area (Å²) in [4.78, 5) is 0. The van der Waals surface area contributed by atoms with Crippen molar-refractivity contribution in [3.8, 4) is 0 Å². The van der Waals surface area contributed by atoms with E-state index in [1.165, 1.54) is 45.1 Å². The van der Waals surface area contributed by atoms with E-state index in [1.807, 2.05) is 0 Å². The number of ether oxygens (including phenoxy) is 1. The van der Waals surface area contributed by atoms with E-state index in [4.69, 9.17) is 4.74 Å². The van der Waals surface area contributed by atoms with Gasteiger partial charge in [-0.1, -0.05) is 40.0 Å². The quantitative estimate of drug-likeness (QED) is 0.673. The third-order valence-electron chi connectivity index (χ3n) is 3.52. The highest BCUT2D eigenvalue weighted by Crippen LogP contribution is 2.20. The predicted octanol–water partition coefficient (Wildman–Crippen LogP) is 3.36. The van der Waals surface area contributed by atoms with Crippen molar-refractivity contribution in [2.45, 2.75) is 71.4 Å². The van der Waals surface area contributed by atoms with Crippen LogP contribution in [0.15, 0.2) is 0 Å². The van der Waals surface area contributed by atoms with E-state index < -0.39 is 0 Å². The van der Waals surface area contributed by atoms with Crippen molar-refractivity contribution >= 4 is 0 Å². The molecule has 1 saturated heterocycles. The SMILES string of the molecule is CCCCCCNC1CCOC(C(C)C)C1. The summed E-state index contributed by atoms with van der Waals surface area (Å²) in [5.74, 6) is 0.657. The van der Waals surface area contributed by atoms with Gasteiger partial charge in [-0.15, -0.1) is 0 Å². The summed E-state index contributed by atoms with van der Waals surface area (Å²) in [6, 6.07) is 0.697. The van der Waals surface area contributed by atoms with Crippen molar-refractivity contribution in [2.75, 3.05) is 13.2 Å². The lowest BCUT2D eigenvalue weighted by Gasteiger charge is -2.32. The fourth-order valence-electron chi connectivity index (χ4n) is 2.34. The van der Waals surface area contributed by atoms with Gasteiger partial charge in [-0.05, 0) is 31.7 Å². The van der Waals surface area contributed by atoms with E-state index in [9.17, 15) is 0 Å². The molecule has 1 rings (SSSR count). The Morgan fingerprint density at radius 3 is 2.75 bits per heavy atom. The van der Waals surface area contributed by atoms with Crippen molar-refractivity contribution in [1.82, 2.24) is 5.32 Å². The third-order valence-corrected chi connectivity index (χ3v) is 3.52. The van der Waals surface area contributed by atoms with Crippen molar-refractivity contribution in [1.29, 1.82) is 0 Å². The van der Waals surface area contributed by atoms with Crippen LogP contribution in [0.1, 0.15) is 59.3 Å². The summed E-state index contributed by atoms with van der Waals surface area (Å²) in [6.07, 6.45) is 8.28. The molecule has 2 unspecified atom stereocenters. The van der Waals surface area contributed by atoms with Crippen LogP contribution >= 0.6 is 0 Å². The summed E-state index contributed by atoms with van der Waals surface area (Å²) in [6.45, 7) is 8.91. The average Bonchev–Trinajstić information content (AvgIpc) is 2.29. The second-order valence-corrected chi connectivity index (χ2v) is 5.39. The highest BCUT2D eigenvalue weighted by atomic mass is 16.5. The first kappa shape index (κ1) is 14.0. The first-order chi connectivity index (χ1) is 7.74. The van der Waals surface area contributed by atoms with Gasteiger partial charge in [0.05, 0.1) is 6.10 Å². The molecule has 96 valence electrons. The van der Waals surface area contributed by atoms with Gasteiger partial charge in [0.15, 0.2) is 0 Å². The molecule has 1 heterocycles. The Morgan fingerprint density at radius 1 is 1.25 bits per heavy atom. The Morgan fingerprint density at radius 2 is 2.06 bits per heavy atom. The van der Waals surface area contributed by atoms with Crippen LogP contribution < -0.4 is 5.32 Å². The highest BCUT2D eigenvalue weighted by molar-refractivity contribution is 4.78. The molecule has 0 saturated carbocycles. The predicted molar refractivity (Wildman–Crippen MR) is 69.7 cm³/mol. The molecule has 1 aliphatic heterocycles. The van der Waals surface area contributed by atoms with Crippen molar-refractivity contribution in [2.24, 2.45) is 5.92 Å². The van der Waals surface area contributed by atoms with Crippen LogP contribution in [-0.2, 0) is 4.74 Å². The second kappa shape index (κ2) is 8.08. The van der Waals surface area contributed by atoms with Crippen LogP contribution in [0, 0.1) is 5.92 Å². The lowest BCUT2D eigenvalue weighted by Crippen LogP contribution is -2.41. The van der Waals surface area contributed by atoms with Gasteiger partial charge in [0.2, 0.25) is 0 Å². The standard InChI is InChI=1S/C14H29NO/c1-4-5-6-7-9-15-13-8-10-16-14(11-13)12(2)3/h12-15H,4-11H2,1-3H3. The average molecular weight is 227 g/mol. The first-order valence-electron chi connectivity index (χ1n) is 7.09. The Kier molecular flexibility index (Phi) is 7.06. The van der Waals surface area contributed by atoms with Gasteiger partial charge < -0.3 is 10.1 Å². The lowest BCUT2D eigenvalue weighted by atomic mass is 9.95. The molecule has 0 aliphatic carbocycles. The Labute approximate surface area is 101 Å². The molecular formula is C14H29NO.